The van der Waals surface area contributed by atoms with Gasteiger partial charge in [0.05, 0.1) is 19.7 Å². The molecule has 2 rings (SSSR count). The number of ether oxygens (including phenoxy) is 1. The molecular formula is C19H29N3O3. The highest BCUT2D eigenvalue weighted by molar-refractivity contribution is 5.93. The van der Waals surface area contributed by atoms with Crippen molar-refractivity contribution >= 4 is 17.5 Å². The maximum absolute atomic E-state index is 12.5. The first-order chi connectivity index (χ1) is 11.8. The van der Waals surface area contributed by atoms with E-state index >= 15 is 0 Å². The zero-order valence-electron chi connectivity index (χ0n) is 15.6. The van der Waals surface area contributed by atoms with Gasteiger partial charge in [-0.05, 0) is 64.4 Å². The lowest BCUT2D eigenvalue weighted by atomic mass is 9.99. The molecule has 2 N–H and O–H groups in total. The van der Waals surface area contributed by atoms with Crippen LogP contribution in [-0.2, 0) is 9.59 Å². The first kappa shape index (κ1) is 19.2. The number of nitrogens with one attached hydrogen (secondary N) is 2. The summed E-state index contributed by atoms with van der Waals surface area (Å²) < 4.78 is 5.11. The van der Waals surface area contributed by atoms with Crippen LogP contribution in [0, 0.1) is 0 Å². The summed E-state index contributed by atoms with van der Waals surface area (Å²) >= 11 is 0. The molecule has 1 fully saturated rings. The van der Waals surface area contributed by atoms with Gasteiger partial charge >= 0.3 is 0 Å². The number of carbonyl (C=O) groups excluding carboxylic acids is 2. The molecule has 2 amide bonds. The van der Waals surface area contributed by atoms with Crippen LogP contribution in [0.15, 0.2) is 24.3 Å². The van der Waals surface area contributed by atoms with Crippen molar-refractivity contribution in [2.75, 3.05) is 25.5 Å². The minimum Gasteiger partial charge on any atom is -0.497 e. The molecule has 1 heterocycles. The highest BCUT2D eigenvalue weighted by atomic mass is 16.5. The van der Waals surface area contributed by atoms with Crippen LogP contribution in [0.5, 0.6) is 5.75 Å². The van der Waals surface area contributed by atoms with Crippen LogP contribution in [-0.4, -0.2) is 48.5 Å². The van der Waals surface area contributed by atoms with E-state index in [-0.39, 0.29) is 29.9 Å². The van der Waals surface area contributed by atoms with Crippen LogP contribution in [0.1, 0.15) is 40.0 Å². The fourth-order valence-electron chi connectivity index (χ4n) is 2.99. The molecule has 0 spiro atoms. The lowest BCUT2D eigenvalue weighted by molar-refractivity contribution is -0.130. The molecule has 0 saturated carbocycles. The van der Waals surface area contributed by atoms with E-state index in [0.717, 1.165) is 37.2 Å². The number of methoxy groups -OCH3 is 1. The van der Waals surface area contributed by atoms with Gasteiger partial charge < -0.3 is 15.4 Å². The Morgan fingerprint density at radius 1 is 1.20 bits per heavy atom. The second-order valence-corrected chi connectivity index (χ2v) is 7.50. The Labute approximate surface area is 149 Å². The lowest BCUT2D eigenvalue weighted by Crippen LogP contribution is -2.55. The Hall–Kier alpha value is -2.08. The van der Waals surface area contributed by atoms with Crippen molar-refractivity contribution in [2.45, 2.75) is 51.6 Å². The quantitative estimate of drug-likeness (QED) is 0.858. The van der Waals surface area contributed by atoms with Crippen molar-refractivity contribution < 1.29 is 14.3 Å². The van der Waals surface area contributed by atoms with Crippen molar-refractivity contribution in [3.8, 4) is 5.75 Å². The minimum absolute atomic E-state index is 0.00412. The summed E-state index contributed by atoms with van der Waals surface area (Å²) in [4.78, 5) is 26.9. The second-order valence-electron chi connectivity index (χ2n) is 7.50. The van der Waals surface area contributed by atoms with Gasteiger partial charge in [-0.25, -0.2) is 0 Å². The molecule has 1 aliphatic heterocycles. The van der Waals surface area contributed by atoms with E-state index in [4.69, 9.17) is 4.74 Å². The summed E-state index contributed by atoms with van der Waals surface area (Å²) in [5.41, 5.74) is 0.449. The van der Waals surface area contributed by atoms with Gasteiger partial charge in [0.1, 0.15) is 5.75 Å². The van der Waals surface area contributed by atoms with Gasteiger partial charge in [0, 0.05) is 11.2 Å². The molecular weight excluding hydrogens is 318 g/mol. The molecule has 0 radical (unpaired) electrons. The third-order valence-corrected chi connectivity index (χ3v) is 4.13. The van der Waals surface area contributed by atoms with E-state index in [0.29, 0.717) is 0 Å². The highest BCUT2D eigenvalue weighted by Crippen LogP contribution is 2.19. The van der Waals surface area contributed by atoms with Gasteiger partial charge in [-0.3, -0.25) is 14.5 Å². The van der Waals surface area contributed by atoms with Gasteiger partial charge in [-0.1, -0.05) is 6.42 Å². The molecule has 1 aromatic rings. The number of rotatable bonds is 5. The molecule has 1 atom stereocenters. The largest absolute Gasteiger partial charge is 0.497 e. The number of carbonyl (C=O) groups is 2. The van der Waals surface area contributed by atoms with Crippen molar-refractivity contribution in [2.24, 2.45) is 0 Å². The predicted octanol–water partition coefficient (Wildman–Crippen LogP) is 2.40. The monoisotopic (exact) mass is 347 g/mol. The Morgan fingerprint density at radius 3 is 2.48 bits per heavy atom. The number of benzene rings is 1. The number of piperidine rings is 1. The van der Waals surface area contributed by atoms with E-state index in [1.165, 1.54) is 0 Å². The zero-order valence-corrected chi connectivity index (χ0v) is 15.6. The van der Waals surface area contributed by atoms with Crippen LogP contribution < -0.4 is 15.4 Å². The summed E-state index contributed by atoms with van der Waals surface area (Å²) in [7, 11) is 1.60. The lowest BCUT2D eigenvalue weighted by Gasteiger charge is -2.35. The van der Waals surface area contributed by atoms with Gasteiger partial charge in [0.15, 0.2) is 0 Å². The van der Waals surface area contributed by atoms with Crippen LogP contribution in [0.3, 0.4) is 0 Å². The van der Waals surface area contributed by atoms with Crippen LogP contribution in [0.25, 0.3) is 0 Å². The third kappa shape index (κ3) is 6.05. The molecule has 6 heteroatoms. The fourth-order valence-corrected chi connectivity index (χ4v) is 2.99. The van der Waals surface area contributed by atoms with Gasteiger partial charge in [-0.2, -0.15) is 0 Å². The van der Waals surface area contributed by atoms with Crippen LogP contribution in [0.2, 0.25) is 0 Å². The number of hydrogen-bond acceptors (Lipinski definition) is 4. The third-order valence-electron chi connectivity index (χ3n) is 4.13. The molecule has 138 valence electrons. The topological polar surface area (TPSA) is 70.7 Å². The zero-order chi connectivity index (χ0) is 18.4. The number of likely N-dealkylation sites (tertiary alicyclic amines) is 1. The highest BCUT2D eigenvalue weighted by Gasteiger charge is 2.31. The van der Waals surface area contributed by atoms with E-state index in [9.17, 15) is 9.59 Å². The molecule has 0 bridgehead atoms. The van der Waals surface area contributed by atoms with Crippen molar-refractivity contribution in [3.05, 3.63) is 24.3 Å². The van der Waals surface area contributed by atoms with Crippen LogP contribution >= 0.6 is 0 Å². The molecule has 6 nitrogen and oxygen atoms in total. The maximum Gasteiger partial charge on any atom is 0.238 e. The number of nitrogens with zero attached hydrogens (tertiary/aromatic N) is 1. The maximum atomic E-state index is 12.5. The molecule has 0 aliphatic carbocycles. The Bertz CT molecular complexity index is 593. The van der Waals surface area contributed by atoms with Gasteiger partial charge in [0.2, 0.25) is 11.8 Å². The molecule has 1 saturated heterocycles. The number of amides is 2. The van der Waals surface area contributed by atoms with Crippen LogP contribution in [0.4, 0.5) is 5.69 Å². The smallest absolute Gasteiger partial charge is 0.238 e. The van der Waals surface area contributed by atoms with E-state index in [2.05, 4.69) is 10.6 Å². The summed E-state index contributed by atoms with van der Waals surface area (Å²) in [6, 6.07) is 6.97. The Balaban J connectivity index is 1.95. The van der Waals surface area contributed by atoms with Crippen molar-refractivity contribution in [3.63, 3.8) is 0 Å². The summed E-state index contributed by atoms with van der Waals surface area (Å²) in [6.07, 6.45) is 2.81. The van der Waals surface area contributed by atoms with Gasteiger partial charge in [-0.15, -0.1) is 0 Å². The summed E-state index contributed by atoms with van der Waals surface area (Å²) in [5, 5.41) is 5.91. The molecule has 1 aromatic carbocycles. The normalized spacial score (nSPS) is 18.5. The average Bonchev–Trinajstić information content (AvgIpc) is 2.54. The fraction of sp³-hybridized carbons (Fsp3) is 0.579. The predicted molar refractivity (Wildman–Crippen MR) is 98.7 cm³/mol. The Kier molecular flexibility index (Phi) is 6.42. The second kappa shape index (κ2) is 8.34. The minimum atomic E-state index is -0.272. The molecule has 0 aromatic heterocycles. The van der Waals surface area contributed by atoms with E-state index in [1.807, 2.05) is 25.7 Å². The van der Waals surface area contributed by atoms with E-state index < -0.39 is 0 Å². The summed E-state index contributed by atoms with van der Waals surface area (Å²) in [6.45, 7) is 6.88. The SMILES string of the molecule is COc1ccc(NC(=O)CN2CCCC[C@@H]2C(=O)NC(C)(C)C)cc1. The van der Waals surface area contributed by atoms with Gasteiger partial charge in [0.25, 0.3) is 0 Å². The molecule has 0 unspecified atom stereocenters. The Morgan fingerprint density at radius 2 is 1.88 bits per heavy atom. The standard InChI is InChI=1S/C19H29N3O3/c1-19(2,3)21-18(24)16-7-5-6-12-22(16)13-17(23)20-14-8-10-15(25-4)11-9-14/h8-11,16H,5-7,12-13H2,1-4H3,(H,20,23)(H,21,24)/t16-/m1/s1. The number of hydrogen-bond donors (Lipinski definition) is 2. The average molecular weight is 347 g/mol. The summed E-state index contributed by atoms with van der Waals surface area (Å²) in [5.74, 6) is 0.637. The first-order valence-corrected chi connectivity index (χ1v) is 8.78. The van der Waals surface area contributed by atoms with E-state index in [1.54, 1.807) is 31.4 Å². The molecule has 25 heavy (non-hydrogen) atoms. The van der Waals surface area contributed by atoms with Crippen molar-refractivity contribution in [1.29, 1.82) is 0 Å². The van der Waals surface area contributed by atoms with Crippen molar-refractivity contribution in [1.82, 2.24) is 10.2 Å². The number of anilines is 1. The first-order valence-electron chi connectivity index (χ1n) is 8.78. The molecule has 1 aliphatic rings.